The third-order valence-corrected chi connectivity index (χ3v) is 8.00. The monoisotopic (exact) mass is 414 g/mol. The van der Waals surface area contributed by atoms with Crippen molar-refractivity contribution in [2.75, 3.05) is 26.7 Å². The standard InChI is InChI=1S/C28H32NO2/c1-31-26-14-8-9-23(21-26)22-29-18-15-27(16-19-29,17-20-29)28(30,24-10-4-2-5-11-24)25-12-6-3-7-13-25/h2-14,21,30H,15-20,22H2,1H3/q+1. The van der Waals surface area contributed by atoms with Crippen LogP contribution < -0.4 is 4.74 Å². The van der Waals surface area contributed by atoms with Crippen molar-refractivity contribution < 1.29 is 14.3 Å². The van der Waals surface area contributed by atoms with Gasteiger partial charge in [0.2, 0.25) is 0 Å². The molecule has 3 saturated heterocycles. The van der Waals surface area contributed by atoms with Crippen LogP contribution in [0.4, 0.5) is 0 Å². The number of hydrogen-bond donors (Lipinski definition) is 1. The predicted molar refractivity (Wildman–Crippen MR) is 124 cm³/mol. The number of ether oxygens (including phenoxy) is 1. The van der Waals surface area contributed by atoms with Gasteiger partial charge in [0.05, 0.1) is 26.7 Å². The molecule has 3 nitrogen and oxygen atoms in total. The van der Waals surface area contributed by atoms with Gasteiger partial charge in [-0.25, -0.2) is 0 Å². The molecule has 3 aliphatic heterocycles. The fourth-order valence-corrected chi connectivity index (χ4v) is 6.14. The van der Waals surface area contributed by atoms with Gasteiger partial charge in [0.25, 0.3) is 0 Å². The highest BCUT2D eigenvalue weighted by Gasteiger charge is 2.60. The molecule has 3 aromatic carbocycles. The lowest BCUT2D eigenvalue weighted by Crippen LogP contribution is -2.66. The zero-order valence-corrected chi connectivity index (χ0v) is 18.3. The molecule has 0 aliphatic carbocycles. The maximum atomic E-state index is 12.5. The van der Waals surface area contributed by atoms with Crippen molar-refractivity contribution in [3.8, 4) is 5.75 Å². The third-order valence-electron chi connectivity index (χ3n) is 8.00. The minimum absolute atomic E-state index is 0.121. The fraction of sp³-hybridized carbons (Fsp3) is 0.357. The van der Waals surface area contributed by atoms with Crippen LogP contribution in [0.3, 0.4) is 0 Å². The van der Waals surface area contributed by atoms with Crippen molar-refractivity contribution in [1.82, 2.24) is 0 Å². The van der Waals surface area contributed by atoms with Crippen LogP contribution in [0.2, 0.25) is 0 Å². The molecule has 160 valence electrons. The molecule has 6 rings (SSSR count). The van der Waals surface area contributed by atoms with Gasteiger partial charge in [-0.2, -0.15) is 0 Å². The maximum absolute atomic E-state index is 12.5. The number of hydrogen-bond acceptors (Lipinski definition) is 2. The highest BCUT2D eigenvalue weighted by molar-refractivity contribution is 5.39. The smallest absolute Gasteiger partial charge is 0.121 e. The highest BCUT2D eigenvalue weighted by Crippen LogP contribution is 2.57. The Morgan fingerprint density at radius 2 is 1.35 bits per heavy atom. The van der Waals surface area contributed by atoms with E-state index in [1.54, 1.807) is 7.11 Å². The first-order chi connectivity index (χ1) is 15.1. The first kappa shape index (κ1) is 20.3. The minimum atomic E-state index is -0.956. The molecule has 3 heteroatoms. The molecule has 0 aromatic heterocycles. The summed E-state index contributed by atoms with van der Waals surface area (Å²) in [5.74, 6) is 0.932. The van der Waals surface area contributed by atoms with Gasteiger partial charge in [0.15, 0.2) is 0 Å². The van der Waals surface area contributed by atoms with Crippen molar-refractivity contribution in [3.63, 3.8) is 0 Å². The quantitative estimate of drug-likeness (QED) is 0.567. The molecule has 3 fully saturated rings. The summed E-state index contributed by atoms with van der Waals surface area (Å²) in [7, 11) is 1.73. The van der Waals surface area contributed by atoms with Gasteiger partial charge < -0.3 is 14.3 Å². The number of fused-ring (bicyclic) bond motifs is 3. The largest absolute Gasteiger partial charge is 0.497 e. The Bertz CT molecular complexity index is 967. The van der Waals surface area contributed by atoms with E-state index < -0.39 is 5.60 Å². The van der Waals surface area contributed by atoms with Crippen molar-refractivity contribution in [1.29, 1.82) is 0 Å². The molecule has 3 aromatic rings. The summed E-state index contributed by atoms with van der Waals surface area (Å²) in [5, 5.41) is 12.5. The summed E-state index contributed by atoms with van der Waals surface area (Å²) in [4.78, 5) is 0. The summed E-state index contributed by atoms with van der Waals surface area (Å²) in [6, 6.07) is 29.2. The Morgan fingerprint density at radius 1 is 0.806 bits per heavy atom. The van der Waals surface area contributed by atoms with E-state index >= 15 is 0 Å². The molecular weight excluding hydrogens is 382 g/mol. The normalized spacial score (nSPS) is 25.4. The Labute approximate surface area is 185 Å². The lowest BCUT2D eigenvalue weighted by molar-refractivity contribution is -0.958. The number of methoxy groups -OCH3 is 1. The summed E-state index contributed by atoms with van der Waals surface area (Å²) in [5.41, 5.74) is 2.31. The van der Waals surface area contributed by atoms with Gasteiger partial charge in [-0.05, 0) is 23.3 Å². The van der Waals surface area contributed by atoms with E-state index in [-0.39, 0.29) is 5.41 Å². The van der Waals surface area contributed by atoms with Crippen LogP contribution >= 0.6 is 0 Å². The van der Waals surface area contributed by atoms with E-state index in [2.05, 4.69) is 66.7 Å². The van der Waals surface area contributed by atoms with Crippen LogP contribution in [0.5, 0.6) is 5.75 Å². The molecule has 31 heavy (non-hydrogen) atoms. The lowest BCUT2D eigenvalue weighted by atomic mass is 9.56. The second kappa shape index (κ2) is 7.81. The topological polar surface area (TPSA) is 29.5 Å². The lowest BCUT2D eigenvalue weighted by Gasteiger charge is -2.60. The molecule has 0 spiro atoms. The molecule has 0 unspecified atom stereocenters. The highest BCUT2D eigenvalue weighted by atomic mass is 16.5. The molecule has 0 atom stereocenters. The Balaban J connectivity index is 1.46. The summed E-state index contributed by atoms with van der Waals surface area (Å²) < 4.78 is 6.56. The van der Waals surface area contributed by atoms with Crippen molar-refractivity contribution >= 4 is 0 Å². The van der Waals surface area contributed by atoms with Crippen molar-refractivity contribution in [2.24, 2.45) is 5.41 Å². The van der Waals surface area contributed by atoms with Crippen LogP contribution in [0.1, 0.15) is 36.0 Å². The van der Waals surface area contributed by atoms with E-state index in [9.17, 15) is 5.11 Å². The van der Waals surface area contributed by atoms with Gasteiger partial charge in [-0.3, -0.25) is 0 Å². The van der Waals surface area contributed by atoms with Gasteiger partial charge >= 0.3 is 0 Å². The molecule has 0 radical (unpaired) electrons. The average Bonchev–Trinajstić information content (AvgIpc) is 2.85. The van der Waals surface area contributed by atoms with E-state index in [0.29, 0.717) is 0 Å². The molecular formula is C28H32NO2+. The first-order valence-electron chi connectivity index (χ1n) is 11.4. The molecule has 0 saturated carbocycles. The molecule has 2 bridgehead atoms. The van der Waals surface area contributed by atoms with E-state index in [1.165, 1.54) is 5.56 Å². The second-order valence-electron chi connectivity index (χ2n) is 9.49. The number of rotatable bonds is 6. The molecule has 3 aliphatic rings. The number of nitrogens with zero attached hydrogens (tertiary/aromatic N) is 1. The van der Waals surface area contributed by atoms with Crippen LogP contribution in [0.25, 0.3) is 0 Å². The Hall–Kier alpha value is -2.62. The van der Waals surface area contributed by atoms with E-state index in [1.807, 2.05) is 18.2 Å². The minimum Gasteiger partial charge on any atom is -0.497 e. The van der Waals surface area contributed by atoms with Crippen LogP contribution in [-0.4, -0.2) is 36.3 Å². The van der Waals surface area contributed by atoms with E-state index in [0.717, 1.165) is 66.8 Å². The third kappa shape index (κ3) is 3.37. The van der Waals surface area contributed by atoms with E-state index in [4.69, 9.17) is 4.74 Å². The van der Waals surface area contributed by atoms with Crippen molar-refractivity contribution in [3.05, 3.63) is 102 Å². The fourth-order valence-electron chi connectivity index (χ4n) is 6.14. The Morgan fingerprint density at radius 3 is 1.87 bits per heavy atom. The molecule has 3 heterocycles. The van der Waals surface area contributed by atoms with Crippen LogP contribution in [0.15, 0.2) is 84.9 Å². The first-order valence-corrected chi connectivity index (χ1v) is 11.4. The zero-order chi connectivity index (χ0) is 21.4. The average molecular weight is 415 g/mol. The summed E-state index contributed by atoms with van der Waals surface area (Å²) >= 11 is 0. The second-order valence-corrected chi connectivity index (χ2v) is 9.49. The Kier molecular flexibility index (Phi) is 5.11. The number of quaternary nitrogens is 1. The van der Waals surface area contributed by atoms with Crippen LogP contribution in [-0.2, 0) is 12.1 Å². The predicted octanol–water partition coefficient (Wildman–Crippen LogP) is 5.13. The summed E-state index contributed by atoms with van der Waals surface area (Å²) in [6.45, 7) is 4.37. The van der Waals surface area contributed by atoms with Crippen LogP contribution in [0, 0.1) is 5.41 Å². The van der Waals surface area contributed by atoms with Gasteiger partial charge in [0.1, 0.15) is 17.9 Å². The van der Waals surface area contributed by atoms with Crippen molar-refractivity contribution in [2.45, 2.75) is 31.4 Å². The molecule has 1 N–H and O–H groups in total. The maximum Gasteiger partial charge on any atom is 0.121 e. The summed E-state index contributed by atoms with van der Waals surface area (Å²) in [6.07, 6.45) is 3.12. The SMILES string of the molecule is COc1cccc(C[N+]23CCC(C(O)(c4ccccc4)c4ccccc4)(CC2)CC3)c1. The zero-order valence-electron chi connectivity index (χ0n) is 18.3. The number of piperidine rings is 3. The molecule has 0 amide bonds. The van der Waals surface area contributed by atoms with Gasteiger partial charge in [-0.1, -0.05) is 72.8 Å². The number of aliphatic hydroxyl groups is 1. The number of benzene rings is 3. The van der Waals surface area contributed by atoms with Gasteiger partial charge in [0, 0.05) is 30.2 Å². The van der Waals surface area contributed by atoms with Gasteiger partial charge in [-0.15, -0.1) is 0 Å².